The highest BCUT2D eigenvalue weighted by Crippen LogP contribution is 2.36. The van der Waals surface area contributed by atoms with Crippen LogP contribution in [0.2, 0.25) is 5.02 Å². The SMILES string of the molecule is COc1ccc(C(=O)N2CCC(NC(=O)c3ccccc3C(F)(F)F)c3c2cnn3C)cc1Cl. The molecule has 0 radical (unpaired) electrons. The van der Waals surface area contributed by atoms with E-state index in [0.717, 1.165) is 12.1 Å². The van der Waals surface area contributed by atoms with Gasteiger partial charge in [-0.1, -0.05) is 23.7 Å². The van der Waals surface area contributed by atoms with Gasteiger partial charge in [0.2, 0.25) is 0 Å². The summed E-state index contributed by atoms with van der Waals surface area (Å²) in [6.07, 6.45) is -2.90. The lowest BCUT2D eigenvalue weighted by molar-refractivity contribution is -0.137. The normalized spacial score (nSPS) is 15.6. The van der Waals surface area contributed by atoms with Crippen molar-refractivity contribution in [2.75, 3.05) is 18.6 Å². The summed E-state index contributed by atoms with van der Waals surface area (Å²) < 4.78 is 46.7. The Morgan fingerprint density at radius 1 is 1.21 bits per heavy atom. The third-order valence-electron chi connectivity index (χ3n) is 5.65. The third kappa shape index (κ3) is 4.33. The minimum absolute atomic E-state index is 0.215. The second kappa shape index (κ2) is 9.02. The Bertz CT molecular complexity index is 1260. The number of nitrogens with one attached hydrogen (secondary N) is 1. The van der Waals surface area contributed by atoms with Gasteiger partial charge in [-0.05, 0) is 36.8 Å². The summed E-state index contributed by atoms with van der Waals surface area (Å²) in [5, 5.41) is 7.16. The summed E-state index contributed by atoms with van der Waals surface area (Å²) in [5.41, 5.74) is -0.175. The molecule has 1 aromatic heterocycles. The lowest BCUT2D eigenvalue weighted by Gasteiger charge is -2.33. The number of carbonyl (C=O) groups excluding carboxylic acids is 2. The zero-order chi connectivity index (χ0) is 24.6. The Morgan fingerprint density at radius 3 is 2.62 bits per heavy atom. The highest BCUT2D eigenvalue weighted by molar-refractivity contribution is 6.32. The minimum atomic E-state index is -4.67. The molecule has 2 aromatic carbocycles. The minimum Gasteiger partial charge on any atom is -0.495 e. The summed E-state index contributed by atoms with van der Waals surface area (Å²) in [4.78, 5) is 27.5. The lowest BCUT2D eigenvalue weighted by atomic mass is 10.0. The number of hydrogen-bond acceptors (Lipinski definition) is 4. The number of halogens is 4. The van der Waals surface area contributed by atoms with E-state index in [4.69, 9.17) is 16.3 Å². The van der Waals surface area contributed by atoms with E-state index < -0.39 is 29.3 Å². The van der Waals surface area contributed by atoms with Gasteiger partial charge in [0.05, 0.1) is 46.9 Å². The number of aryl methyl sites for hydroxylation is 1. The molecular weight excluding hydrogens is 473 g/mol. The predicted octanol–water partition coefficient (Wildman–Crippen LogP) is 4.62. The number of anilines is 1. The maximum Gasteiger partial charge on any atom is 0.417 e. The summed E-state index contributed by atoms with van der Waals surface area (Å²) in [7, 11) is 3.11. The van der Waals surface area contributed by atoms with E-state index in [1.165, 1.54) is 41.1 Å². The first-order valence-electron chi connectivity index (χ1n) is 10.3. The lowest BCUT2D eigenvalue weighted by Crippen LogP contribution is -2.41. The van der Waals surface area contributed by atoms with Crippen molar-refractivity contribution >= 4 is 29.1 Å². The molecule has 178 valence electrons. The molecule has 0 saturated carbocycles. The Balaban J connectivity index is 1.61. The Morgan fingerprint density at radius 2 is 1.94 bits per heavy atom. The summed E-state index contributed by atoms with van der Waals surface area (Å²) >= 11 is 6.16. The van der Waals surface area contributed by atoms with Gasteiger partial charge in [0.25, 0.3) is 11.8 Å². The Kier molecular flexibility index (Phi) is 6.26. The zero-order valence-electron chi connectivity index (χ0n) is 18.2. The molecule has 2 heterocycles. The predicted molar refractivity (Wildman–Crippen MR) is 119 cm³/mol. The number of alkyl halides is 3. The molecule has 0 aliphatic carbocycles. The van der Waals surface area contributed by atoms with E-state index in [1.54, 1.807) is 19.2 Å². The van der Waals surface area contributed by atoms with Crippen LogP contribution in [0, 0.1) is 0 Å². The van der Waals surface area contributed by atoms with Gasteiger partial charge >= 0.3 is 6.18 Å². The van der Waals surface area contributed by atoms with Gasteiger partial charge in [-0.15, -0.1) is 0 Å². The van der Waals surface area contributed by atoms with Gasteiger partial charge in [-0.2, -0.15) is 18.3 Å². The first-order valence-corrected chi connectivity index (χ1v) is 10.6. The van der Waals surface area contributed by atoms with Crippen LogP contribution in [0.5, 0.6) is 5.75 Å². The topological polar surface area (TPSA) is 76.5 Å². The second-order valence-corrected chi connectivity index (χ2v) is 8.11. The van der Waals surface area contributed by atoms with Crippen LogP contribution >= 0.6 is 11.6 Å². The number of nitrogens with zero attached hydrogens (tertiary/aromatic N) is 3. The standard InChI is InChI=1S/C23H20ClF3N4O3/c1-30-20-17(29-21(32)14-5-3-4-6-15(14)23(25,26)27)9-10-31(18(20)12-28-30)22(33)13-7-8-19(34-2)16(24)11-13/h3-8,11-12,17H,9-10H2,1-2H3,(H,29,32). The van der Waals surface area contributed by atoms with Crippen LogP contribution < -0.4 is 15.0 Å². The van der Waals surface area contributed by atoms with E-state index in [0.29, 0.717) is 22.7 Å². The smallest absolute Gasteiger partial charge is 0.417 e. The molecule has 4 rings (SSSR count). The number of ether oxygens (including phenoxy) is 1. The van der Waals surface area contributed by atoms with Crippen LogP contribution in [0.4, 0.5) is 18.9 Å². The van der Waals surface area contributed by atoms with Crippen LogP contribution in [0.15, 0.2) is 48.7 Å². The Labute approximate surface area is 198 Å². The molecule has 0 bridgehead atoms. The van der Waals surface area contributed by atoms with Gasteiger partial charge in [-0.25, -0.2) is 0 Å². The summed E-state index contributed by atoms with van der Waals surface area (Å²) in [6.45, 7) is 0.215. The van der Waals surface area contributed by atoms with Gasteiger partial charge in [0.15, 0.2) is 0 Å². The maximum absolute atomic E-state index is 13.4. The first-order chi connectivity index (χ1) is 16.1. The average Bonchev–Trinajstić information content (AvgIpc) is 3.20. The van der Waals surface area contributed by atoms with Crippen molar-refractivity contribution in [1.29, 1.82) is 0 Å². The molecule has 2 amide bonds. The van der Waals surface area contributed by atoms with E-state index >= 15 is 0 Å². The van der Waals surface area contributed by atoms with Crippen molar-refractivity contribution in [3.05, 3.63) is 76.1 Å². The molecule has 11 heteroatoms. The first kappa shape index (κ1) is 23.6. The highest BCUT2D eigenvalue weighted by atomic mass is 35.5. The number of carbonyl (C=O) groups is 2. The fraction of sp³-hybridized carbons (Fsp3) is 0.261. The zero-order valence-corrected chi connectivity index (χ0v) is 18.9. The van der Waals surface area contributed by atoms with Crippen molar-refractivity contribution < 1.29 is 27.5 Å². The maximum atomic E-state index is 13.4. The molecule has 0 saturated heterocycles. The Hall–Kier alpha value is -3.53. The summed E-state index contributed by atoms with van der Waals surface area (Å²) in [5.74, 6) is -0.751. The molecule has 1 aliphatic heterocycles. The number of rotatable bonds is 4. The van der Waals surface area contributed by atoms with Gasteiger partial charge in [0.1, 0.15) is 5.75 Å². The van der Waals surface area contributed by atoms with Gasteiger partial charge in [0, 0.05) is 19.2 Å². The van der Waals surface area contributed by atoms with E-state index in [1.807, 2.05) is 0 Å². The van der Waals surface area contributed by atoms with Crippen LogP contribution in [0.1, 0.15) is 44.4 Å². The van der Waals surface area contributed by atoms with Crippen molar-refractivity contribution in [2.45, 2.75) is 18.6 Å². The monoisotopic (exact) mass is 492 g/mol. The number of amides is 2. The molecule has 3 aromatic rings. The van der Waals surface area contributed by atoms with Crippen LogP contribution in [-0.2, 0) is 13.2 Å². The van der Waals surface area contributed by atoms with Crippen LogP contribution in [0.3, 0.4) is 0 Å². The average molecular weight is 493 g/mol. The molecule has 1 unspecified atom stereocenters. The largest absolute Gasteiger partial charge is 0.495 e. The molecule has 1 aliphatic rings. The second-order valence-electron chi connectivity index (χ2n) is 7.70. The highest BCUT2D eigenvalue weighted by Gasteiger charge is 2.37. The van der Waals surface area contributed by atoms with Crippen molar-refractivity contribution in [1.82, 2.24) is 15.1 Å². The molecule has 1 N–H and O–H groups in total. The van der Waals surface area contributed by atoms with Crippen molar-refractivity contribution in [3.8, 4) is 5.75 Å². The number of fused-ring (bicyclic) bond motifs is 1. The number of methoxy groups -OCH3 is 1. The molecule has 34 heavy (non-hydrogen) atoms. The molecular formula is C23H20ClF3N4O3. The third-order valence-corrected chi connectivity index (χ3v) is 5.95. The van der Waals surface area contributed by atoms with E-state index in [9.17, 15) is 22.8 Å². The number of benzene rings is 2. The molecule has 0 fully saturated rings. The molecule has 1 atom stereocenters. The number of hydrogen-bond donors (Lipinski definition) is 1. The van der Waals surface area contributed by atoms with Gasteiger partial charge in [-0.3, -0.25) is 14.3 Å². The fourth-order valence-corrected chi connectivity index (χ4v) is 4.29. The van der Waals surface area contributed by atoms with Crippen LogP contribution in [-0.4, -0.2) is 35.2 Å². The van der Waals surface area contributed by atoms with E-state index in [2.05, 4.69) is 10.4 Å². The fourth-order valence-electron chi connectivity index (χ4n) is 4.03. The van der Waals surface area contributed by atoms with Crippen LogP contribution in [0.25, 0.3) is 0 Å². The molecule has 7 nitrogen and oxygen atoms in total. The van der Waals surface area contributed by atoms with Crippen molar-refractivity contribution in [3.63, 3.8) is 0 Å². The van der Waals surface area contributed by atoms with Gasteiger partial charge < -0.3 is 15.0 Å². The van der Waals surface area contributed by atoms with E-state index in [-0.39, 0.29) is 23.9 Å². The summed E-state index contributed by atoms with van der Waals surface area (Å²) in [6, 6.07) is 8.64. The molecule has 0 spiro atoms. The quantitative estimate of drug-likeness (QED) is 0.576. The number of aromatic nitrogens is 2. The van der Waals surface area contributed by atoms with Crippen molar-refractivity contribution in [2.24, 2.45) is 7.05 Å².